The molecule has 2 rings (SSSR count). The third kappa shape index (κ3) is 2.04. The van der Waals surface area contributed by atoms with Gasteiger partial charge >= 0.3 is 0 Å². The minimum absolute atomic E-state index is 0.00272. The number of fused-ring (bicyclic) bond motifs is 1. The van der Waals surface area contributed by atoms with Crippen molar-refractivity contribution in [1.82, 2.24) is 4.98 Å². The summed E-state index contributed by atoms with van der Waals surface area (Å²) in [5.41, 5.74) is 6.02. The number of nitrogens with two attached hydrogens (primary N) is 1. The molecule has 2 aromatic rings. The van der Waals surface area contributed by atoms with Crippen molar-refractivity contribution in [2.75, 3.05) is 6.61 Å². The van der Waals surface area contributed by atoms with Crippen LogP contribution < -0.4 is 10.5 Å². The van der Waals surface area contributed by atoms with E-state index in [-0.39, 0.29) is 12.4 Å². The Morgan fingerprint density at radius 2 is 2.13 bits per heavy atom. The summed E-state index contributed by atoms with van der Waals surface area (Å²) in [5, 5.41) is 8.10. The molecule has 76 valence electrons. The molecular formula is C11H11N3O. The molecule has 0 unspecified atom stereocenters. The molecule has 0 fully saturated rings. The number of ether oxygens (including phenoxy) is 1. The van der Waals surface area contributed by atoms with E-state index in [0.29, 0.717) is 5.75 Å². The molecular weight excluding hydrogens is 190 g/mol. The molecule has 1 aromatic carbocycles. The third-order valence-corrected chi connectivity index (χ3v) is 1.98. The molecule has 0 saturated heterocycles. The largest absolute Gasteiger partial charge is 0.483 e. The van der Waals surface area contributed by atoms with Gasteiger partial charge in [-0.05, 0) is 12.1 Å². The number of nitrogens with zero attached hydrogens (tertiary/aromatic N) is 1. The highest BCUT2D eigenvalue weighted by Gasteiger charge is 2.02. The summed E-state index contributed by atoms with van der Waals surface area (Å²) in [7, 11) is 0. The predicted molar refractivity (Wildman–Crippen MR) is 59.2 cm³/mol. The first-order chi connectivity index (χ1) is 7.27. The molecule has 0 atom stereocenters. The Morgan fingerprint density at radius 3 is 2.93 bits per heavy atom. The van der Waals surface area contributed by atoms with Crippen molar-refractivity contribution in [3.63, 3.8) is 0 Å². The van der Waals surface area contributed by atoms with Crippen LogP contribution in [-0.4, -0.2) is 17.4 Å². The Balaban J connectivity index is 2.38. The average Bonchev–Trinajstić information content (AvgIpc) is 2.26. The summed E-state index contributed by atoms with van der Waals surface area (Å²) >= 11 is 0. The highest BCUT2D eigenvalue weighted by molar-refractivity contribution is 5.85. The number of aromatic nitrogens is 1. The predicted octanol–water partition coefficient (Wildman–Crippen LogP) is 1.55. The van der Waals surface area contributed by atoms with E-state index in [1.165, 1.54) is 0 Å². The van der Waals surface area contributed by atoms with E-state index in [1.807, 2.05) is 30.3 Å². The monoisotopic (exact) mass is 201 g/mol. The van der Waals surface area contributed by atoms with Gasteiger partial charge in [0.2, 0.25) is 0 Å². The first-order valence-electron chi connectivity index (χ1n) is 4.57. The van der Waals surface area contributed by atoms with Crippen molar-refractivity contribution < 1.29 is 4.74 Å². The molecule has 0 radical (unpaired) electrons. The lowest BCUT2D eigenvalue weighted by Gasteiger charge is -2.06. The highest BCUT2D eigenvalue weighted by atomic mass is 16.5. The lowest BCUT2D eigenvalue weighted by Crippen LogP contribution is -2.19. The molecule has 4 nitrogen and oxygen atoms in total. The molecule has 0 saturated carbocycles. The Bertz CT molecular complexity index is 491. The SMILES string of the molecule is N=C(N)COc1cccc2cccnc12. The van der Waals surface area contributed by atoms with E-state index < -0.39 is 0 Å². The summed E-state index contributed by atoms with van der Waals surface area (Å²) in [6, 6.07) is 9.50. The van der Waals surface area contributed by atoms with Crippen molar-refractivity contribution in [2.24, 2.45) is 5.73 Å². The number of pyridine rings is 1. The minimum atomic E-state index is 0.00272. The Hall–Kier alpha value is -2.10. The zero-order valence-electron chi connectivity index (χ0n) is 8.10. The molecule has 0 aliphatic heterocycles. The Kier molecular flexibility index (Phi) is 2.49. The van der Waals surface area contributed by atoms with Gasteiger partial charge in [-0.25, -0.2) is 0 Å². The van der Waals surface area contributed by atoms with Gasteiger partial charge in [0.05, 0.1) is 0 Å². The van der Waals surface area contributed by atoms with Crippen LogP contribution in [0.25, 0.3) is 10.9 Å². The molecule has 0 aliphatic carbocycles. The van der Waals surface area contributed by atoms with Gasteiger partial charge in [-0.2, -0.15) is 0 Å². The molecule has 3 N–H and O–H groups in total. The van der Waals surface area contributed by atoms with Crippen LogP contribution in [0.15, 0.2) is 36.5 Å². The normalized spacial score (nSPS) is 10.1. The second kappa shape index (κ2) is 3.96. The van der Waals surface area contributed by atoms with Crippen LogP contribution in [0.5, 0.6) is 5.75 Å². The van der Waals surface area contributed by atoms with Crippen LogP contribution in [0.4, 0.5) is 0 Å². The van der Waals surface area contributed by atoms with Crippen LogP contribution in [0, 0.1) is 5.41 Å². The van der Waals surface area contributed by atoms with Crippen LogP contribution in [0.3, 0.4) is 0 Å². The van der Waals surface area contributed by atoms with Crippen LogP contribution in [0.1, 0.15) is 0 Å². The maximum absolute atomic E-state index is 7.08. The van der Waals surface area contributed by atoms with E-state index in [4.69, 9.17) is 15.9 Å². The third-order valence-electron chi connectivity index (χ3n) is 1.98. The molecule has 0 bridgehead atoms. The number of para-hydroxylation sites is 1. The summed E-state index contributed by atoms with van der Waals surface area (Å²) in [5.74, 6) is 0.659. The van der Waals surface area contributed by atoms with Gasteiger partial charge in [-0.15, -0.1) is 0 Å². The van der Waals surface area contributed by atoms with Gasteiger partial charge in [-0.3, -0.25) is 10.4 Å². The first kappa shape index (κ1) is 9.45. The smallest absolute Gasteiger partial charge is 0.146 e. The topological polar surface area (TPSA) is 72.0 Å². The zero-order valence-corrected chi connectivity index (χ0v) is 8.10. The van der Waals surface area contributed by atoms with E-state index in [0.717, 1.165) is 10.9 Å². The van der Waals surface area contributed by atoms with Crippen molar-refractivity contribution in [1.29, 1.82) is 5.41 Å². The Labute approximate surface area is 87.2 Å². The average molecular weight is 201 g/mol. The van der Waals surface area contributed by atoms with Crippen molar-refractivity contribution >= 4 is 16.7 Å². The first-order valence-corrected chi connectivity index (χ1v) is 4.57. The fourth-order valence-electron chi connectivity index (χ4n) is 1.35. The van der Waals surface area contributed by atoms with Crippen molar-refractivity contribution in [3.8, 4) is 5.75 Å². The molecule has 1 heterocycles. The van der Waals surface area contributed by atoms with E-state index in [1.54, 1.807) is 6.20 Å². The lowest BCUT2D eigenvalue weighted by molar-refractivity contribution is 0.378. The molecule has 0 spiro atoms. The molecule has 0 aliphatic rings. The van der Waals surface area contributed by atoms with Gasteiger partial charge in [0.25, 0.3) is 0 Å². The Morgan fingerprint density at radius 1 is 1.33 bits per heavy atom. The van der Waals surface area contributed by atoms with E-state index >= 15 is 0 Å². The van der Waals surface area contributed by atoms with E-state index in [9.17, 15) is 0 Å². The number of hydrogen-bond donors (Lipinski definition) is 2. The molecule has 4 heteroatoms. The second-order valence-electron chi connectivity index (χ2n) is 3.15. The van der Waals surface area contributed by atoms with E-state index in [2.05, 4.69) is 4.98 Å². The maximum Gasteiger partial charge on any atom is 0.146 e. The number of hydrogen-bond acceptors (Lipinski definition) is 3. The number of rotatable bonds is 3. The van der Waals surface area contributed by atoms with Crippen LogP contribution in [0.2, 0.25) is 0 Å². The minimum Gasteiger partial charge on any atom is -0.483 e. The molecule has 1 aromatic heterocycles. The fourth-order valence-corrected chi connectivity index (χ4v) is 1.35. The highest BCUT2D eigenvalue weighted by Crippen LogP contribution is 2.22. The zero-order chi connectivity index (χ0) is 10.7. The summed E-state index contributed by atoms with van der Waals surface area (Å²) in [4.78, 5) is 4.22. The van der Waals surface area contributed by atoms with Crippen molar-refractivity contribution in [2.45, 2.75) is 0 Å². The standard InChI is InChI=1S/C11H11N3O/c12-10(13)7-15-9-5-1-3-8-4-2-6-14-11(8)9/h1-6H,7H2,(H3,12,13). The number of nitrogens with one attached hydrogen (secondary N) is 1. The summed E-state index contributed by atoms with van der Waals surface area (Å²) in [6.07, 6.45) is 1.71. The van der Waals surface area contributed by atoms with Crippen LogP contribution >= 0.6 is 0 Å². The van der Waals surface area contributed by atoms with Gasteiger partial charge in [0.15, 0.2) is 0 Å². The quantitative estimate of drug-likeness (QED) is 0.584. The molecule has 0 amide bonds. The lowest BCUT2D eigenvalue weighted by atomic mass is 10.2. The fraction of sp³-hybridized carbons (Fsp3) is 0.0909. The summed E-state index contributed by atoms with van der Waals surface area (Å²) < 4.78 is 5.37. The van der Waals surface area contributed by atoms with Crippen molar-refractivity contribution in [3.05, 3.63) is 36.5 Å². The van der Waals surface area contributed by atoms with Crippen LogP contribution in [-0.2, 0) is 0 Å². The van der Waals surface area contributed by atoms with Gasteiger partial charge in [0.1, 0.15) is 23.7 Å². The molecule has 15 heavy (non-hydrogen) atoms. The maximum atomic E-state index is 7.08. The van der Waals surface area contributed by atoms with Gasteiger partial charge in [0, 0.05) is 11.6 Å². The van der Waals surface area contributed by atoms with Gasteiger partial charge < -0.3 is 10.5 Å². The number of benzene rings is 1. The second-order valence-corrected chi connectivity index (χ2v) is 3.15. The summed E-state index contributed by atoms with van der Waals surface area (Å²) in [6.45, 7) is 0.0929. The van der Waals surface area contributed by atoms with Gasteiger partial charge in [-0.1, -0.05) is 18.2 Å². The number of amidine groups is 1.